The predicted molar refractivity (Wildman–Crippen MR) is 95.5 cm³/mol. The van der Waals surface area contributed by atoms with E-state index >= 15 is 0 Å². The molecule has 0 saturated carbocycles. The molecule has 0 heterocycles. The number of quaternary nitrogens is 1. The average molecular weight is 350 g/mol. The summed E-state index contributed by atoms with van der Waals surface area (Å²) in [5.74, 6) is -0.643. The van der Waals surface area contributed by atoms with Crippen molar-refractivity contribution < 1.29 is 24.0 Å². The summed E-state index contributed by atoms with van der Waals surface area (Å²) in [6.45, 7) is 9.07. The fraction of sp³-hybridized carbons (Fsp3) is 0.500. The molecule has 1 atom stereocenters. The van der Waals surface area contributed by atoms with Crippen LogP contribution < -0.4 is 15.5 Å². The molecule has 0 fully saturated rings. The van der Waals surface area contributed by atoms with E-state index in [1.165, 1.54) is 0 Å². The number of rotatable bonds is 9. The normalized spacial score (nSPS) is 11.7. The number of ether oxygens (including phenoxy) is 1. The third-order valence-electron chi connectivity index (χ3n) is 3.44. The third kappa shape index (κ3) is 7.80. The Hall–Kier alpha value is -2.41. The number of amides is 2. The molecule has 0 aliphatic heterocycles. The molecule has 0 aliphatic carbocycles. The zero-order valence-corrected chi connectivity index (χ0v) is 15.3. The Morgan fingerprint density at radius 1 is 1.04 bits per heavy atom. The van der Waals surface area contributed by atoms with E-state index in [9.17, 15) is 14.4 Å². The van der Waals surface area contributed by atoms with Gasteiger partial charge in [0.1, 0.15) is 0 Å². The van der Waals surface area contributed by atoms with Crippen LogP contribution in [-0.2, 0) is 14.3 Å². The van der Waals surface area contributed by atoms with Crippen LogP contribution in [0.4, 0.5) is 5.69 Å². The van der Waals surface area contributed by atoms with E-state index in [0.29, 0.717) is 24.3 Å². The molecule has 7 heteroatoms. The molecule has 0 bridgehead atoms. The number of likely N-dealkylation sites (N-methyl/N-ethyl adjacent to an activating group) is 2. The highest BCUT2D eigenvalue weighted by atomic mass is 16.5. The van der Waals surface area contributed by atoms with Gasteiger partial charge in [-0.25, -0.2) is 4.79 Å². The first-order chi connectivity index (χ1) is 11.8. The van der Waals surface area contributed by atoms with E-state index in [2.05, 4.69) is 10.6 Å². The Kier molecular flexibility index (Phi) is 8.63. The van der Waals surface area contributed by atoms with Crippen molar-refractivity contribution >= 4 is 23.5 Å². The molecule has 1 aromatic rings. The van der Waals surface area contributed by atoms with Crippen LogP contribution in [0.25, 0.3) is 0 Å². The maximum atomic E-state index is 12.1. The minimum atomic E-state index is -0.392. The largest absolute Gasteiger partial charge is 0.459 e. The highest BCUT2D eigenvalue weighted by molar-refractivity contribution is 5.93. The van der Waals surface area contributed by atoms with Crippen LogP contribution in [0.15, 0.2) is 24.3 Å². The van der Waals surface area contributed by atoms with E-state index in [1.54, 1.807) is 38.1 Å². The van der Waals surface area contributed by atoms with Gasteiger partial charge in [0.05, 0.1) is 18.2 Å². The molecular weight excluding hydrogens is 322 g/mol. The van der Waals surface area contributed by atoms with Crippen LogP contribution >= 0.6 is 0 Å². The Bertz CT molecular complexity index is 584. The highest BCUT2D eigenvalue weighted by Crippen LogP contribution is 2.11. The van der Waals surface area contributed by atoms with Crippen LogP contribution in [-0.4, -0.2) is 50.1 Å². The molecule has 1 aromatic carbocycles. The van der Waals surface area contributed by atoms with E-state index < -0.39 is 5.97 Å². The van der Waals surface area contributed by atoms with Crippen molar-refractivity contribution in [1.82, 2.24) is 5.32 Å². The van der Waals surface area contributed by atoms with Crippen LogP contribution in [0, 0.1) is 0 Å². The van der Waals surface area contributed by atoms with Crippen molar-refractivity contribution in [3.05, 3.63) is 29.8 Å². The van der Waals surface area contributed by atoms with Gasteiger partial charge in [-0.1, -0.05) is 0 Å². The minimum absolute atomic E-state index is 0.0693. The van der Waals surface area contributed by atoms with E-state index in [0.717, 1.165) is 4.90 Å². The van der Waals surface area contributed by atoms with Crippen LogP contribution in [0.5, 0.6) is 0 Å². The second-order valence-electron chi connectivity index (χ2n) is 5.99. The predicted octanol–water partition coefficient (Wildman–Crippen LogP) is 0.231. The summed E-state index contributed by atoms with van der Waals surface area (Å²) in [5.41, 5.74) is 1.03. The molecule has 0 saturated heterocycles. The van der Waals surface area contributed by atoms with E-state index in [-0.39, 0.29) is 31.0 Å². The minimum Gasteiger partial charge on any atom is -0.459 e. The van der Waals surface area contributed by atoms with Gasteiger partial charge < -0.3 is 20.3 Å². The number of nitrogens with one attached hydrogen (secondary N) is 3. The number of hydrogen-bond donors (Lipinski definition) is 3. The molecular formula is C18H28N3O4+. The number of benzene rings is 1. The summed E-state index contributed by atoms with van der Waals surface area (Å²) >= 11 is 0. The van der Waals surface area contributed by atoms with Gasteiger partial charge in [0.25, 0.3) is 11.8 Å². The zero-order chi connectivity index (χ0) is 18.8. The standard InChI is InChI=1S/C18H27N3O4/c1-5-19-16(22)11-21(6-2)12-17(23)20-15-9-7-14(8-10-15)18(24)25-13(3)4/h7-10,13H,5-6,11-12H2,1-4H3,(H,19,22)(H,20,23)/p+1. The molecule has 3 N–H and O–H groups in total. The summed E-state index contributed by atoms with van der Waals surface area (Å²) in [7, 11) is 0. The van der Waals surface area contributed by atoms with Crippen LogP contribution in [0.2, 0.25) is 0 Å². The van der Waals surface area contributed by atoms with Crippen molar-refractivity contribution in [2.45, 2.75) is 33.8 Å². The van der Waals surface area contributed by atoms with Gasteiger partial charge in [-0.3, -0.25) is 9.59 Å². The van der Waals surface area contributed by atoms with Crippen molar-refractivity contribution in [3.63, 3.8) is 0 Å². The molecule has 0 aliphatic rings. The smallest absolute Gasteiger partial charge is 0.338 e. The van der Waals surface area contributed by atoms with Crippen molar-refractivity contribution in [2.24, 2.45) is 0 Å². The molecule has 1 unspecified atom stereocenters. The van der Waals surface area contributed by atoms with Gasteiger partial charge in [0, 0.05) is 12.2 Å². The summed E-state index contributed by atoms with van der Waals surface area (Å²) in [4.78, 5) is 36.4. The maximum Gasteiger partial charge on any atom is 0.338 e. The van der Waals surface area contributed by atoms with Crippen LogP contribution in [0.3, 0.4) is 0 Å². The average Bonchev–Trinajstić information content (AvgIpc) is 2.54. The molecule has 138 valence electrons. The van der Waals surface area contributed by atoms with Gasteiger partial charge in [0.15, 0.2) is 13.1 Å². The maximum absolute atomic E-state index is 12.1. The second kappa shape index (κ2) is 10.5. The van der Waals surface area contributed by atoms with Crippen molar-refractivity contribution in [2.75, 3.05) is 31.5 Å². The van der Waals surface area contributed by atoms with Gasteiger partial charge in [-0.2, -0.15) is 0 Å². The quantitative estimate of drug-likeness (QED) is 0.556. The molecule has 1 rings (SSSR count). The fourth-order valence-electron chi connectivity index (χ4n) is 2.20. The lowest BCUT2D eigenvalue weighted by Crippen LogP contribution is -3.14. The van der Waals surface area contributed by atoms with Crippen molar-refractivity contribution in [1.29, 1.82) is 0 Å². The molecule has 0 spiro atoms. The Labute approximate surface area is 148 Å². The summed E-state index contributed by atoms with van der Waals surface area (Å²) in [6.07, 6.45) is -0.181. The Morgan fingerprint density at radius 3 is 2.16 bits per heavy atom. The molecule has 7 nitrogen and oxygen atoms in total. The zero-order valence-electron chi connectivity index (χ0n) is 15.3. The van der Waals surface area contributed by atoms with Crippen LogP contribution in [0.1, 0.15) is 38.1 Å². The van der Waals surface area contributed by atoms with Crippen molar-refractivity contribution in [3.8, 4) is 0 Å². The monoisotopic (exact) mass is 350 g/mol. The van der Waals surface area contributed by atoms with Gasteiger partial charge in [-0.05, 0) is 52.0 Å². The number of carbonyl (C=O) groups is 3. The molecule has 0 aromatic heterocycles. The van der Waals surface area contributed by atoms with E-state index in [1.807, 2.05) is 13.8 Å². The first-order valence-electron chi connectivity index (χ1n) is 8.56. The van der Waals surface area contributed by atoms with Gasteiger partial charge in [-0.15, -0.1) is 0 Å². The van der Waals surface area contributed by atoms with E-state index in [4.69, 9.17) is 4.74 Å². The lowest BCUT2D eigenvalue weighted by molar-refractivity contribution is -0.881. The topological polar surface area (TPSA) is 88.9 Å². The summed E-state index contributed by atoms with van der Waals surface area (Å²) in [6, 6.07) is 6.54. The summed E-state index contributed by atoms with van der Waals surface area (Å²) in [5, 5.41) is 5.50. The SMILES string of the molecule is CCNC(=O)C[NH+](CC)CC(=O)Nc1ccc(C(=O)OC(C)C)cc1. The Morgan fingerprint density at radius 2 is 1.64 bits per heavy atom. The Balaban J connectivity index is 2.55. The third-order valence-corrected chi connectivity index (χ3v) is 3.44. The van der Waals surface area contributed by atoms with Gasteiger partial charge >= 0.3 is 5.97 Å². The lowest BCUT2D eigenvalue weighted by Gasteiger charge is -2.16. The highest BCUT2D eigenvalue weighted by Gasteiger charge is 2.16. The fourth-order valence-corrected chi connectivity index (χ4v) is 2.20. The first kappa shape index (κ1) is 20.6. The number of anilines is 1. The molecule has 25 heavy (non-hydrogen) atoms. The molecule has 0 radical (unpaired) electrons. The number of hydrogen-bond acceptors (Lipinski definition) is 4. The summed E-state index contributed by atoms with van der Waals surface area (Å²) < 4.78 is 5.11. The first-order valence-corrected chi connectivity index (χ1v) is 8.56. The molecule has 2 amide bonds. The number of carbonyl (C=O) groups excluding carboxylic acids is 3. The lowest BCUT2D eigenvalue weighted by atomic mass is 10.2. The number of esters is 1. The van der Waals surface area contributed by atoms with Gasteiger partial charge in [0.2, 0.25) is 0 Å². The second-order valence-corrected chi connectivity index (χ2v) is 5.99.